The molecule has 0 spiro atoms. The lowest BCUT2D eigenvalue weighted by molar-refractivity contribution is 0.265. The number of ether oxygens (including phenoxy) is 1. The molecule has 1 aromatic heterocycles. The smallest absolute Gasteiger partial charge is 0.385 e. The summed E-state index contributed by atoms with van der Waals surface area (Å²) in [6, 6.07) is 6.51. The van der Waals surface area contributed by atoms with Crippen molar-refractivity contribution in [2.24, 2.45) is 0 Å². The molecule has 2 rings (SSSR count). The van der Waals surface area contributed by atoms with Gasteiger partial charge < -0.3 is 13.3 Å². The van der Waals surface area contributed by atoms with Crippen LogP contribution in [0.1, 0.15) is 20.8 Å². The summed E-state index contributed by atoms with van der Waals surface area (Å²) in [4.78, 5) is 0. The van der Waals surface area contributed by atoms with Gasteiger partial charge in [-0.15, -0.1) is 0 Å². The van der Waals surface area contributed by atoms with E-state index >= 15 is 0 Å². The van der Waals surface area contributed by atoms with Crippen molar-refractivity contribution in [3.8, 4) is 11.7 Å². The highest BCUT2D eigenvalue weighted by atomic mass is 32.2. The lowest BCUT2D eigenvalue weighted by Crippen LogP contribution is -2.31. The Labute approximate surface area is 136 Å². The summed E-state index contributed by atoms with van der Waals surface area (Å²) in [6.07, 6.45) is 1.81. The maximum Gasteiger partial charge on any atom is 0.385 e. The molecule has 0 fully saturated rings. The van der Waals surface area contributed by atoms with E-state index in [1.807, 2.05) is 26.8 Å². The van der Waals surface area contributed by atoms with Gasteiger partial charge in [0.2, 0.25) is 0 Å². The quantitative estimate of drug-likeness (QED) is 0.724. The summed E-state index contributed by atoms with van der Waals surface area (Å²) in [6.45, 7) is 6.42. The molecule has 0 aliphatic heterocycles. The average molecular weight is 339 g/mol. The minimum atomic E-state index is -3.85. The Kier molecular flexibility index (Phi) is 5.33. The van der Waals surface area contributed by atoms with Crippen molar-refractivity contribution in [3.63, 3.8) is 0 Å². The van der Waals surface area contributed by atoms with Gasteiger partial charge in [-0.05, 0) is 39.0 Å². The molecule has 0 N–H and O–H groups in total. The second kappa shape index (κ2) is 7.06. The first kappa shape index (κ1) is 17.4. The van der Waals surface area contributed by atoms with Gasteiger partial charge >= 0.3 is 10.3 Å². The van der Waals surface area contributed by atoms with Crippen LogP contribution in [0.3, 0.4) is 0 Å². The molecule has 0 saturated heterocycles. The van der Waals surface area contributed by atoms with Crippen LogP contribution >= 0.6 is 0 Å². The summed E-state index contributed by atoms with van der Waals surface area (Å²) < 4.78 is 41.4. The molecule has 1 heterocycles. The van der Waals surface area contributed by atoms with Gasteiger partial charge in [-0.3, -0.25) is 0 Å². The summed E-state index contributed by atoms with van der Waals surface area (Å²) in [5.74, 6) is 0.619. The highest BCUT2D eigenvalue weighted by Crippen LogP contribution is 2.29. The summed E-state index contributed by atoms with van der Waals surface area (Å²) >= 11 is 0. The Morgan fingerprint density at radius 1 is 1.30 bits per heavy atom. The molecule has 0 radical (unpaired) electrons. The fourth-order valence-electron chi connectivity index (χ4n) is 1.85. The highest BCUT2D eigenvalue weighted by molar-refractivity contribution is 7.84. The van der Waals surface area contributed by atoms with Crippen LogP contribution in [-0.2, 0) is 10.3 Å². The van der Waals surface area contributed by atoms with Crippen molar-refractivity contribution in [1.82, 2.24) is 4.31 Å². The Morgan fingerprint density at radius 3 is 2.70 bits per heavy atom. The van der Waals surface area contributed by atoms with E-state index in [9.17, 15) is 8.42 Å². The normalized spacial score (nSPS) is 11.7. The van der Waals surface area contributed by atoms with E-state index in [0.717, 1.165) is 9.88 Å². The van der Waals surface area contributed by atoms with Crippen LogP contribution in [0.5, 0.6) is 11.7 Å². The molecular weight excluding hydrogens is 318 g/mol. The van der Waals surface area contributed by atoms with Crippen molar-refractivity contribution >= 4 is 21.3 Å². The molecule has 126 valence electrons. The predicted molar refractivity (Wildman–Crippen MR) is 89.0 cm³/mol. The van der Waals surface area contributed by atoms with E-state index in [4.69, 9.17) is 13.3 Å². The first-order valence-electron chi connectivity index (χ1n) is 7.27. The van der Waals surface area contributed by atoms with E-state index in [2.05, 4.69) is 0 Å². The van der Waals surface area contributed by atoms with Gasteiger partial charge in [-0.2, -0.15) is 12.7 Å². The lowest BCUT2D eigenvalue weighted by atomic mass is 10.2. The van der Waals surface area contributed by atoms with E-state index in [1.54, 1.807) is 24.3 Å². The van der Waals surface area contributed by atoms with E-state index in [1.165, 1.54) is 7.05 Å². The average Bonchev–Trinajstić information content (AvgIpc) is 2.86. The number of rotatable bonds is 7. The van der Waals surface area contributed by atoms with E-state index in [-0.39, 0.29) is 12.3 Å². The first-order valence-corrected chi connectivity index (χ1v) is 8.64. The van der Waals surface area contributed by atoms with Crippen molar-refractivity contribution in [2.75, 3.05) is 20.2 Å². The van der Waals surface area contributed by atoms with Crippen molar-refractivity contribution in [1.29, 1.82) is 0 Å². The molecule has 6 nitrogen and oxygen atoms in total. The van der Waals surface area contributed by atoms with Crippen molar-refractivity contribution in [2.45, 2.75) is 20.8 Å². The van der Waals surface area contributed by atoms with Gasteiger partial charge in [0.05, 0.1) is 6.61 Å². The molecule has 23 heavy (non-hydrogen) atoms. The lowest BCUT2D eigenvalue weighted by Gasteiger charge is -2.15. The second-order valence-corrected chi connectivity index (χ2v) is 6.95. The molecule has 7 heteroatoms. The Morgan fingerprint density at radius 2 is 2.04 bits per heavy atom. The molecule has 2 aromatic rings. The molecule has 0 saturated carbocycles. The number of furan rings is 1. The molecule has 0 bridgehead atoms. The zero-order valence-corrected chi connectivity index (χ0v) is 14.5. The predicted octanol–water partition coefficient (Wildman–Crippen LogP) is 3.35. The summed E-state index contributed by atoms with van der Waals surface area (Å²) in [7, 11) is -2.38. The zero-order valence-electron chi connectivity index (χ0n) is 13.7. The van der Waals surface area contributed by atoms with Gasteiger partial charge in [0, 0.05) is 25.0 Å². The molecule has 0 amide bonds. The molecule has 1 aromatic carbocycles. The number of nitrogens with zero attached hydrogens (tertiary/aromatic N) is 1. The van der Waals surface area contributed by atoms with Crippen molar-refractivity contribution < 1.29 is 21.8 Å². The van der Waals surface area contributed by atoms with Crippen LogP contribution in [0.2, 0.25) is 0 Å². The molecular formula is C16H21NO5S. The standard InChI is InChI=1S/C16H21NO5S/c1-5-20-16-11-13-10-14(6-7-15(13)21-16)22-23(18,19)17(4)9-8-12(2)3/h6-8,10-11H,5,9H2,1-4H3. The number of allylic oxidation sites excluding steroid dienone is 1. The Balaban J connectivity index is 2.18. The summed E-state index contributed by atoms with van der Waals surface area (Å²) in [5, 5.41) is 0.716. The topological polar surface area (TPSA) is 69.0 Å². The monoisotopic (exact) mass is 339 g/mol. The fraction of sp³-hybridized carbons (Fsp3) is 0.375. The third kappa shape index (κ3) is 4.49. The maximum absolute atomic E-state index is 12.2. The number of likely N-dealkylation sites (N-methyl/N-ethyl adjacent to an activating group) is 1. The fourth-order valence-corrected chi connectivity index (χ4v) is 2.58. The maximum atomic E-state index is 12.2. The molecule has 0 atom stereocenters. The number of hydrogen-bond donors (Lipinski definition) is 0. The third-order valence-electron chi connectivity index (χ3n) is 3.09. The molecule has 0 aliphatic carbocycles. The van der Waals surface area contributed by atoms with Crippen LogP contribution in [-0.4, -0.2) is 32.9 Å². The van der Waals surface area contributed by atoms with Crippen LogP contribution in [0.15, 0.2) is 40.3 Å². The molecule has 0 aliphatic rings. The van der Waals surface area contributed by atoms with Gasteiger partial charge in [-0.25, -0.2) is 0 Å². The van der Waals surface area contributed by atoms with Crippen LogP contribution in [0.25, 0.3) is 11.0 Å². The van der Waals surface area contributed by atoms with Gasteiger partial charge in [-0.1, -0.05) is 11.6 Å². The van der Waals surface area contributed by atoms with Crippen LogP contribution in [0, 0.1) is 0 Å². The van der Waals surface area contributed by atoms with Crippen LogP contribution in [0.4, 0.5) is 0 Å². The highest BCUT2D eigenvalue weighted by Gasteiger charge is 2.19. The number of fused-ring (bicyclic) bond motifs is 1. The largest absolute Gasteiger partial charge is 0.465 e. The minimum absolute atomic E-state index is 0.227. The SMILES string of the molecule is CCOc1cc2cc(OS(=O)(=O)N(C)CC=C(C)C)ccc2o1. The number of hydrogen-bond acceptors (Lipinski definition) is 5. The van der Waals surface area contributed by atoms with Crippen molar-refractivity contribution in [3.05, 3.63) is 35.9 Å². The van der Waals surface area contributed by atoms with Crippen LogP contribution < -0.4 is 8.92 Å². The van der Waals surface area contributed by atoms with E-state index < -0.39 is 10.3 Å². The number of benzene rings is 1. The minimum Gasteiger partial charge on any atom is -0.465 e. The Bertz CT molecular complexity index is 803. The third-order valence-corrected chi connectivity index (χ3v) is 4.41. The zero-order chi connectivity index (χ0) is 17.0. The first-order chi connectivity index (χ1) is 10.8. The van der Waals surface area contributed by atoms with Gasteiger partial charge in [0.15, 0.2) is 0 Å². The van der Waals surface area contributed by atoms with Gasteiger partial charge in [0.25, 0.3) is 5.95 Å². The Hall–Kier alpha value is -1.99. The van der Waals surface area contributed by atoms with E-state index in [0.29, 0.717) is 23.5 Å². The summed E-state index contributed by atoms with van der Waals surface area (Å²) in [5.41, 5.74) is 1.64. The molecule has 0 unspecified atom stereocenters. The van der Waals surface area contributed by atoms with Gasteiger partial charge in [0.1, 0.15) is 11.3 Å². The second-order valence-electron chi connectivity index (χ2n) is 5.30.